The summed E-state index contributed by atoms with van der Waals surface area (Å²) in [7, 11) is 0. The van der Waals surface area contributed by atoms with E-state index in [2.05, 4.69) is 16.7 Å². The molecule has 1 aromatic rings. The Bertz CT molecular complexity index is 442. The van der Waals surface area contributed by atoms with Crippen molar-refractivity contribution in [2.75, 3.05) is 26.2 Å². The minimum atomic E-state index is 0.0669. The zero-order chi connectivity index (χ0) is 13.7. The first-order valence-electron chi connectivity index (χ1n) is 6.82. The van der Waals surface area contributed by atoms with Gasteiger partial charge in [0.2, 0.25) is 5.91 Å². The number of amides is 1. The van der Waals surface area contributed by atoms with Crippen LogP contribution < -0.4 is 15.4 Å². The van der Waals surface area contributed by atoms with Gasteiger partial charge in [-0.2, -0.15) is 0 Å². The molecule has 1 aromatic carbocycles. The molecule has 19 heavy (non-hydrogen) atoms. The zero-order valence-electron chi connectivity index (χ0n) is 11.7. The fourth-order valence-corrected chi connectivity index (χ4v) is 1.96. The van der Waals surface area contributed by atoms with Crippen molar-refractivity contribution >= 4 is 5.91 Å². The highest BCUT2D eigenvalue weighted by Gasteiger charge is 2.16. The van der Waals surface area contributed by atoms with Crippen molar-refractivity contribution in [3.63, 3.8) is 0 Å². The standard InChI is InChI=1S/C15H22N2O2/c1-11-3-4-12(2)14(7-11)19-6-5-15(18)17-10-13-8-16-9-13/h3-4,7,13,16H,5-6,8-10H2,1-2H3,(H,17,18). The Hall–Kier alpha value is -1.55. The number of carbonyl (C=O) groups excluding carboxylic acids is 1. The van der Waals surface area contributed by atoms with Crippen LogP contribution in [-0.4, -0.2) is 32.1 Å². The van der Waals surface area contributed by atoms with Crippen LogP contribution in [0.15, 0.2) is 18.2 Å². The molecule has 0 spiro atoms. The third-order valence-corrected chi connectivity index (χ3v) is 3.38. The molecule has 0 unspecified atom stereocenters. The molecule has 4 heteroatoms. The lowest BCUT2D eigenvalue weighted by Gasteiger charge is -2.27. The van der Waals surface area contributed by atoms with Crippen LogP contribution >= 0.6 is 0 Å². The first-order chi connectivity index (χ1) is 9.15. The van der Waals surface area contributed by atoms with Crippen LogP contribution in [0.2, 0.25) is 0 Å². The minimum absolute atomic E-state index is 0.0669. The quantitative estimate of drug-likeness (QED) is 0.815. The largest absolute Gasteiger partial charge is 0.493 e. The van der Waals surface area contributed by atoms with Gasteiger partial charge in [-0.3, -0.25) is 4.79 Å². The highest BCUT2D eigenvalue weighted by Crippen LogP contribution is 2.19. The van der Waals surface area contributed by atoms with E-state index in [0.717, 1.165) is 30.9 Å². The summed E-state index contributed by atoms with van der Waals surface area (Å²) in [6.45, 7) is 7.27. The predicted molar refractivity (Wildman–Crippen MR) is 75.4 cm³/mol. The number of carbonyl (C=O) groups is 1. The monoisotopic (exact) mass is 262 g/mol. The summed E-state index contributed by atoms with van der Waals surface area (Å²) in [5.74, 6) is 1.54. The van der Waals surface area contributed by atoms with E-state index in [0.29, 0.717) is 18.9 Å². The Morgan fingerprint density at radius 2 is 2.21 bits per heavy atom. The van der Waals surface area contributed by atoms with Gasteiger partial charge in [0.05, 0.1) is 13.0 Å². The molecule has 0 aliphatic carbocycles. The highest BCUT2D eigenvalue weighted by atomic mass is 16.5. The number of ether oxygens (including phenoxy) is 1. The first-order valence-corrected chi connectivity index (χ1v) is 6.82. The van der Waals surface area contributed by atoms with Gasteiger partial charge in [-0.15, -0.1) is 0 Å². The Morgan fingerprint density at radius 3 is 2.89 bits per heavy atom. The molecule has 0 atom stereocenters. The lowest BCUT2D eigenvalue weighted by Crippen LogP contribution is -2.48. The minimum Gasteiger partial charge on any atom is -0.493 e. The third kappa shape index (κ3) is 4.24. The second-order valence-corrected chi connectivity index (χ2v) is 5.20. The molecule has 104 valence electrons. The van der Waals surface area contributed by atoms with Gasteiger partial charge in [0.25, 0.3) is 0 Å². The van der Waals surface area contributed by atoms with E-state index in [9.17, 15) is 4.79 Å². The number of nitrogens with one attached hydrogen (secondary N) is 2. The summed E-state index contributed by atoms with van der Waals surface area (Å²) < 4.78 is 5.66. The van der Waals surface area contributed by atoms with Crippen LogP contribution in [0.4, 0.5) is 0 Å². The fraction of sp³-hybridized carbons (Fsp3) is 0.533. The van der Waals surface area contributed by atoms with Crippen molar-refractivity contribution in [3.05, 3.63) is 29.3 Å². The van der Waals surface area contributed by atoms with Gasteiger partial charge in [0, 0.05) is 25.6 Å². The summed E-state index contributed by atoms with van der Waals surface area (Å²) in [6, 6.07) is 6.10. The Balaban J connectivity index is 1.67. The lowest BCUT2D eigenvalue weighted by atomic mass is 10.0. The number of hydrogen-bond acceptors (Lipinski definition) is 3. The van der Waals surface area contributed by atoms with E-state index in [4.69, 9.17) is 4.74 Å². The highest BCUT2D eigenvalue weighted by molar-refractivity contribution is 5.76. The maximum absolute atomic E-state index is 11.6. The summed E-state index contributed by atoms with van der Waals surface area (Å²) >= 11 is 0. The zero-order valence-corrected chi connectivity index (χ0v) is 11.7. The Labute approximate surface area is 114 Å². The molecule has 1 heterocycles. The van der Waals surface area contributed by atoms with Crippen molar-refractivity contribution in [1.29, 1.82) is 0 Å². The van der Waals surface area contributed by atoms with Crippen molar-refractivity contribution in [2.24, 2.45) is 5.92 Å². The van der Waals surface area contributed by atoms with E-state index in [1.54, 1.807) is 0 Å². The number of benzene rings is 1. The first kappa shape index (κ1) is 13.9. The van der Waals surface area contributed by atoms with Gasteiger partial charge in [0.1, 0.15) is 5.75 Å². The van der Waals surface area contributed by atoms with Gasteiger partial charge in [-0.05, 0) is 31.0 Å². The van der Waals surface area contributed by atoms with Crippen molar-refractivity contribution in [1.82, 2.24) is 10.6 Å². The molecule has 2 N–H and O–H groups in total. The number of rotatable bonds is 6. The molecule has 0 saturated carbocycles. The molecule has 0 aromatic heterocycles. The van der Waals surface area contributed by atoms with E-state index < -0.39 is 0 Å². The van der Waals surface area contributed by atoms with Crippen LogP contribution in [-0.2, 0) is 4.79 Å². The molecule has 2 rings (SSSR count). The Kier molecular flexibility index (Phi) is 4.80. The van der Waals surface area contributed by atoms with Gasteiger partial charge in [-0.25, -0.2) is 0 Å². The Morgan fingerprint density at radius 1 is 1.42 bits per heavy atom. The molecular weight excluding hydrogens is 240 g/mol. The van der Waals surface area contributed by atoms with Gasteiger partial charge < -0.3 is 15.4 Å². The van der Waals surface area contributed by atoms with Gasteiger partial charge >= 0.3 is 0 Å². The summed E-state index contributed by atoms with van der Waals surface area (Å²) in [5.41, 5.74) is 2.27. The SMILES string of the molecule is Cc1ccc(C)c(OCCC(=O)NCC2CNC2)c1. The van der Waals surface area contributed by atoms with E-state index in [-0.39, 0.29) is 5.91 Å². The smallest absolute Gasteiger partial charge is 0.223 e. The van der Waals surface area contributed by atoms with E-state index in [1.165, 1.54) is 5.56 Å². The second kappa shape index (κ2) is 6.57. The molecule has 1 saturated heterocycles. The van der Waals surface area contributed by atoms with Crippen LogP contribution in [0.5, 0.6) is 5.75 Å². The van der Waals surface area contributed by atoms with Crippen LogP contribution in [0.25, 0.3) is 0 Å². The molecule has 1 aliphatic heterocycles. The molecule has 4 nitrogen and oxygen atoms in total. The maximum Gasteiger partial charge on any atom is 0.223 e. The average molecular weight is 262 g/mol. The van der Waals surface area contributed by atoms with Crippen LogP contribution in [0.1, 0.15) is 17.5 Å². The molecule has 0 radical (unpaired) electrons. The topological polar surface area (TPSA) is 50.4 Å². The molecule has 1 amide bonds. The third-order valence-electron chi connectivity index (χ3n) is 3.38. The van der Waals surface area contributed by atoms with Crippen LogP contribution in [0.3, 0.4) is 0 Å². The van der Waals surface area contributed by atoms with Gasteiger partial charge in [0.15, 0.2) is 0 Å². The van der Waals surface area contributed by atoms with Crippen molar-refractivity contribution < 1.29 is 9.53 Å². The van der Waals surface area contributed by atoms with Gasteiger partial charge in [-0.1, -0.05) is 12.1 Å². The summed E-state index contributed by atoms with van der Waals surface area (Å²) in [4.78, 5) is 11.6. The van der Waals surface area contributed by atoms with Crippen molar-refractivity contribution in [3.8, 4) is 5.75 Å². The predicted octanol–water partition coefficient (Wildman–Crippen LogP) is 1.41. The van der Waals surface area contributed by atoms with E-state index >= 15 is 0 Å². The molecule has 1 fully saturated rings. The van der Waals surface area contributed by atoms with Crippen LogP contribution in [0, 0.1) is 19.8 Å². The van der Waals surface area contributed by atoms with E-state index in [1.807, 2.05) is 26.0 Å². The summed E-state index contributed by atoms with van der Waals surface area (Å²) in [5, 5.41) is 6.12. The number of aryl methyl sites for hydroxylation is 2. The maximum atomic E-state index is 11.6. The fourth-order valence-electron chi connectivity index (χ4n) is 1.96. The number of hydrogen-bond donors (Lipinski definition) is 2. The second-order valence-electron chi connectivity index (χ2n) is 5.20. The molecule has 1 aliphatic rings. The average Bonchev–Trinajstić information content (AvgIpc) is 2.31. The molecule has 0 bridgehead atoms. The lowest BCUT2D eigenvalue weighted by molar-refractivity contribution is -0.121. The normalized spacial score (nSPS) is 14.8. The molecular formula is C15H22N2O2. The summed E-state index contributed by atoms with van der Waals surface area (Å²) in [6.07, 6.45) is 0.410. The van der Waals surface area contributed by atoms with Crippen molar-refractivity contribution in [2.45, 2.75) is 20.3 Å².